The van der Waals surface area contributed by atoms with Crippen LogP contribution in [0.25, 0.3) is 0 Å². The lowest BCUT2D eigenvalue weighted by Gasteiger charge is -2.28. The van der Waals surface area contributed by atoms with Gasteiger partial charge in [-0.05, 0) is 53.7 Å². The van der Waals surface area contributed by atoms with E-state index in [9.17, 15) is 22.8 Å². The molecule has 0 bridgehead atoms. The van der Waals surface area contributed by atoms with E-state index in [-0.39, 0.29) is 0 Å². The van der Waals surface area contributed by atoms with E-state index in [2.05, 4.69) is 4.98 Å². The van der Waals surface area contributed by atoms with Crippen LogP contribution in [0.5, 0.6) is 0 Å². The summed E-state index contributed by atoms with van der Waals surface area (Å²) in [6.07, 6.45) is -7.11. The average molecular weight is 362 g/mol. The minimum atomic E-state index is -4.73. The fourth-order valence-corrected chi connectivity index (χ4v) is 1.58. The van der Waals surface area contributed by atoms with Crippen LogP contribution in [0.15, 0.2) is 18.2 Å². The number of pyridine rings is 1. The van der Waals surface area contributed by atoms with E-state index in [1.165, 1.54) is 0 Å². The standard InChI is InChI=1S/C16H21F3N2O4/c1-14(2,3)24-12(22)21(13(23)25-15(4,5)6)11-9-7-8-10(20-11)16(17,18)19/h7-9H,1-6H3. The van der Waals surface area contributed by atoms with Gasteiger partial charge >= 0.3 is 18.4 Å². The Bertz CT molecular complexity index is 618. The van der Waals surface area contributed by atoms with Gasteiger partial charge in [-0.3, -0.25) is 0 Å². The van der Waals surface area contributed by atoms with Crippen LogP contribution in [0.3, 0.4) is 0 Å². The number of rotatable bonds is 1. The molecule has 0 unspecified atom stereocenters. The number of hydrogen-bond donors (Lipinski definition) is 0. The number of carbonyl (C=O) groups is 2. The molecule has 2 amide bonds. The molecular formula is C16H21F3N2O4. The van der Waals surface area contributed by atoms with Gasteiger partial charge < -0.3 is 9.47 Å². The Labute approximate surface area is 143 Å². The molecule has 0 saturated carbocycles. The van der Waals surface area contributed by atoms with Crippen LogP contribution in [0.2, 0.25) is 0 Å². The second kappa shape index (κ2) is 6.89. The summed E-state index contributed by atoms with van der Waals surface area (Å²) in [6.45, 7) is 9.32. The monoisotopic (exact) mass is 362 g/mol. The number of hydrogen-bond acceptors (Lipinski definition) is 5. The number of ether oxygens (including phenoxy) is 2. The molecule has 140 valence electrons. The fraction of sp³-hybridized carbons (Fsp3) is 0.562. The Kier molecular flexibility index (Phi) is 5.71. The van der Waals surface area contributed by atoms with Crippen LogP contribution in [-0.4, -0.2) is 28.4 Å². The number of halogens is 3. The average Bonchev–Trinajstić information content (AvgIpc) is 2.33. The quantitative estimate of drug-likeness (QED) is 0.719. The van der Waals surface area contributed by atoms with Crippen molar-refractivity contribution >= 4 is 18.0 Å². The van der Waals surface area contributed by atoms with Gasteiger partial charge in [0.1, 0.15) is 22.7 Å². The molecule has 0 N–H and O–H groups in total. The van der Waals surface area contributed by atoms with Crippen LogP contribution in [0.4, 0.5) is 28.6 Å². The third kappa shape index (κ3) is 6.60. The molecule has 0 fully saturated rings. The molecule has 1 rings (SSSR count). The molecule has 0 saturated heterocycles. The Morgan fingerprint density at radius 1 is 0.920 bits per heavy atom. The minimum Gasteiger partial charge on any atom is -0.443 e. The van der Waals surface area contributed by atoms with Gasteiger partial charge in [0.2, 0.25) is 0 Å². The largest absolute Gasteiger partial charge is 0.443 e. The van der Waals surface area contributed by atoms with Crippen molar-refractivity contribution in [2.75, 3.05) is 4.90 Å². The summed E-state index contributed by atoms with van der Waals surface area (Å²) < 4.78 is 48.7. The number of aromatic nitrogens is 1. The first kappa shape index (κ1) is 20.7. The van der Waals surface area contributed by atoms with Gasteiger partial charge in [-0.25, -0.2) is 14.6 Å². The third-order valence-electron chi connectivity index (χ3n) is 2.41. The van der Waals surface area contributed by atoms with Gasteiger partial charge in [-0.1, -0.05) is 6.07 Å². The SMILES string of the molecule is CC(C)(C)OC(=O)N(C(=O)OC(C)(C)C)c1cccc(C(F)(F)F)n1. The Morgan fingerprint density at radius 2 is 1.36 bits per heavy atom. The number of nitrogens with zero attached hydrogens (tertiary/aromatic N) is 2. The molecule has 0 aliphatic rings. The summed E-state index contributed by atoms with van der Waals surface area (Å²) in [5, 5.41) is 0. The number of amides is 2. The van der Waals surface area contributed by atoms with E-state index in [1.807, 2.05) is 0 Å². The minimum absolute atomic E-state index is 0.339. The summed E-state index contributed by atoms with van der Waals surface area (Å²) in [7, 11) is 0. The zero-order valence-electron chi connectivity index (χ0n) is 14.9. The first-order valence-corrected chi connectivity index (χ1v) is 7.40. The van der Waals surface area contributed by atoms with Crippen molar-refractivity contribution < 1.29 is 32.2 Å². The lowest BCUT2D eigenvalue weighted by molar-refractivity contribution is -0.141. The first-order valence-electron chi connectivity index (χ1n) is 7.40. The van der Waals surface area contributed by atoms with Gasteiger partial charge in [0, 0.05) is 0 Å². The number of anilines is 1. The number of imide groups is 1. The first-order chi connectivity index (χ1) is 11.1. The Hall–Kier alpha value is -2.32. The highest BCUT2D eigenvalue weighted by Gasteiger charge is 2.37. The second-order valence-corrected chi connectivity index (χ2v) is 7.17. The van der Waals surface area contributed by atoms with Crippen molar-refractivity contribution in [2.45, 2.75) is 58.9 Å². The maximum Gasteiger partial charge on any atom is 0.433 e. The van der Waals surface area contributed by atoms with Crippen LogP contribution in [0.1, 0.15) is 47.2 Å². The highest BCUT2D eigenvalue weighted by Crippen LogP contribution is 2.29. The summed E-state index contributed by atoms with van der Waals surface area (Å²) in [4.78, 5) is 28.3. The van der Waals surface area contributed by atoms with E-state index < -0.39 is 41.1 Å². The molecule has 0 spiro atoms. The van der Waals surface area contributed by atoms with E-state index in [4.69, 9.17) is 9.47 Å². The molecule has 0 aliphatic heterocycles. The van der Waals surface area contributed by atoms with Gasteiger partial charge in [0.15, 0.2) is 0 Å². The molecule has 1 aromatic heterocycles. The van der Waals surface area contributed by atoms with E-state index in [1.54, 1.807) is 41.5 Å². The number of alkyl halides is 3. The van der Waals surface area contributed by atoms with Crippen molar-refractivity contribution in [3.8, 4) is 0 Å². The van der Waals surface area contributed by atoms with Crippen molar-refractivity contribution in [1.29, 1.82) is 0 Å². The summed E-state index contributed by atoms with van der Waals surface area (Å²) in [5.74, 6) is -0.543. The van der Waals surface area contributed by atoms with Crippen LogP contribution < -0.4 is 4.90 Å². The fourth-order valence-electron chi connectivity index (χ4n) is 1.58. The molecule has 1 aromatic rings. The van der Waals surface area contributed by atoms with Crippen molar-refractivity contribution in [1.82, 2.24) is 4.98 Å². The summed E-state index contributed by atoms with van der Waals surface area (Å²) in [6, 6.07) is 2.85. The predicted octanol–water partition coefficient (Wildman–Crippen LogP) is 4.78. The zero-order valence-corrected chi connectivity index (χ0v) is 14.9. The predicted molar refractivity (Wildman–Crippen MR) is 84.2 cm³/mol. The van der Waals surface area contributed by atoms with Crippen molar-refractivity contribution in [2.24, 2.45) is 0 Å². The maximum absolute atomic E-state index is 12.9. The zero-order chi connectivity index (χ0) is 19.6. The third-order valence-corrected chi connectivity index (χ3v) is 2.41. The normalized spacial score (nSPS) is 12.5. The number of carbonyl (C=O) groups excluding carboxylic acids is 2. The summed E-state index contributed by atoms with van der Waals surface area (Å²) in [5.41, 5.74) is -3.19. The van der Waals surface area contributed by atoms with Crippen LogP contribution in [-0.2, 0) is 15.7 Å². The highest BCUT2D eigenvalue weighted by atomic mass is 19.4. The molecule has 1 heterocycles. The van der Waals surface area contributed by atoms with Crippen LogP contribution in [0, 0.1) is 0 Å². The molecule has 0 atom stereocenters. The molecular weight excluding hydrogens is 341 g/mol. The van der Waals surface area contributed by atoms with Crippen molar-refractivity contribution in [3.63, 3.8) is 0 Å². The van der Waals surface area contributed by atoms with E-state index >= 15 is 0 Å². The Balaban J connectivity index is 3.32. The molecule has 0 aliphatic carbocycles. The van der Waals surface area contributed by atoms with Gasteiger partial charge in [0.05, 0.1) is 0 Å². The second-order valence-electron chi connectivity index (χ2n) is 7.17. The molecule has 9 heteroatoms. The van der Waals surface area contributed by atoms with Gasteiger partial charge in [-0.2, -0.15) is 18.1 Å². The maximum atomic E-state index is 12.9. The highest BCUT2D eigenvalue weighted by molar-refractivity contribution is 6.08. The molecule has 0 aromatic carbocycles. The van der Waals surface area contributed by atoms with Crippen LogP contribution >= 0.6 is 0 Å². The smallest absolute Gasteiger partial charge is 0.433 e. The summed E-state index contributed by atoms with van der Waals surface area (Å²) >= 11 is 0. The lowest BCUT2D eigenvalue weighted by atomic mass is 10.2. The lowest BCUT2D eigenvalue weighted by Crippen LogP contribution is -2.44. The molecule has 25 heavy (non-hydrogen) atoms. The topological polar surface area (TPSA) is 68.7 Å². The van der Waals surface area contributed by atoms with E-state index in [0.717, 1.165) is 18.2 Å². The van der Waals surface area contributed by atoms with E-state index in [0.29, 0.717) is 4.90 Å². The van der Waals surface area contributed by atoms with Crippen molar-refractivity contribution in [3.05, 3.63) is 23.9 Å². The van der Waals surface area contributed by atoms with Gasteiger partial charge in [0.25, 0.3) is 0 Å². The Morgan fingerprint density at radius 3 is 1.72 bits per heavy atom. The van der Waals surface area contributed by atoms with Gasteiger partial charge in [-0.15, -0.1) is 0 Å². The molecule has 0 radical (unpaired) electrons. The molecule has 6 nitrogen and oxygen atoms in total.